The van der Waals surface area contributed by atoms with Crippen LogP contribution in [0.5, 0.6) is 0 Å². The summed E-state index contributed by atoms with van der Waals surface area (Å²) in [7, 11) is 1.79. The van der Waals surface area contributed by atoms with E-state index in [1.54, 1.807) is 17.9 Å². The van der Waals surface area contributed by atoms with Gasteiger partial charge in [0, 0.05) is 7.05 Å². The van der Waals surface area contributed by atoms with Crippen LogP contribution in [0.2, 0.25) is 0 Å². The maximum absolute atomic E-state index is 10.9. The fourth-order valence-corrected chi connectivity index (χ4v) is 1.03. The van der Waals surface area contributed by atoms with E-state index in [4.69, 9.17) is 5.73 Å². The molecule has 0 fully saturated rings. The molecule has 2 aromatic rings. The van der Waals surface area contributed by atoms with Gasteiger partial charge < -0.3 is 15.5 Å². The quantitative estimate of drug-likeness (QED) is 0.408. The molecule has 2 heterocycles. The standard InChI is InChI=1S/C6H7N5O/c1-10-2-8-4-5(7)11(12)3-9-6(4)10/h2-3H,7H2,1H3. The third-order valence-electron chi connectivity index (χ3n) is 1.67. The van der Waals surface area contributed by atoms with Crippen molar-refractivity contribution in [1.29, 1.82) is 0 Å². The number of hydrogen-bond donors (Lipinski definition) is 1. The number of imidazole rings is 1. The van der Waals surface area contributed by atoms with E-state index in [0.29, 0.717) is 15.9 Å². The Kier molecular flexibility index (Phi) is 1.18. The van der Waals surface area contributed by atoms with Gasteiger partial charge in [0.05, 0.1) is 6.33 Å². The monoisotopic (exact) mass is 165 g/mol. The van der Waals surface area contributed by atoms with Gasteiger partial charge in [0.15, 0.2) is 5.52 Å². The number of rotatable bonds is 0. The number of nitrogens with zero attached hydrogens (tertiary/aromatic N) is 4. The van der Waals surface area contributed by atoms with E-state index in [0.717, 1.165) is 6.33 Å². The third-order valence-corrected chi connectivity index (χ3v) is 1.67. The van der Waals surface area contributed by atoms with E-state index in [1.165, 1.54) is 0 Å². The number of nitrogen functional groups attached to an aromatic ring is 1. The zero-order chi connectivity index (χ0) is 8.72. The Morgan fingerprint density at radius 2 is 2.33 bits per heavy atom. The average molecular weight is 165 g/mol. The molecule has 0 saturated heterocycles. The second kappa shape index (κ2) is 2.07. The van der Waals surface area contributed by atoms with E-state index in [1.807, 2.05) is 0 Å². The van der Waals surface area contributed by atoms with Crippen LogP contribution >= 0.6 is 0 Å². The Morgan fingerprint density at radius 1 is 1.58 bits per heavy atom. The lowest BCUT2D eigenvalue weighted by molar-refractivity contribution is -0.592. The normalized spacial score (nSPS) is 10.8. The van der Waals surface area contributed by atoms with Gasteiger partial charge in [-0.2, -0.15) is 0 Å². The molecule has 0 aliphatic carbocycles. The number of aryl methyl sites for hydroxylation is 1. The molecule has 2 N–H and O–H groups in total. The molecule has 0 atom stereocenters. The fraction of sp³-hybridized carbons (Fsp3) is 0.167. The molecule has 6 heteroatoms. The summed E-state index contributed by atoms with van der Waals surface area (Å²) < 4.78 is 2.20. The second-order valence-electron chi connectivity index (χ2n) is 2.48. The first kappa shape index (κ1) is 6.84. The van der Waals surface area contributed by atoms with Crippen LogP contribution in [0.15, 0.2) is 12.7 Å². The van der Waals surface area contributed by atoms with E-state index in [-0.39, 0.29) is 5.82 Å². The number of anilines is 1. The van der Waals surface area contributed by atoms with E-state index >= 15 is 0 Å². The molecule has 0 bridgehead atoms. The molecule has 0 saturated carbocycles. The second-order valence-corrected chi connectivity index (χ2v) is 2.48. The van der Waals surface area contributed by atoms with Crippen LogP contribution in [-0.4, -0.2) is 14.5 Å². The Bertz CT molecular complexity index is 435. The molecule has 0 unspecified atom stereocenters. The van der Waals surface area contributed by atoms with Crippen molar-refractivity contribution in [3.63, 3.8) is 0 Å². The maximum atomic E-state index is 10.9. The summed E-state index contributed by atoms with van der Waals surface area (Å²) in [5.41, 5.74) is 6.52. The molecule has 62 valence electrons. The largest absolute Gasteiger partial charge is 0.740 e. The van der Waals surface area contributed by atoms with Crippen LogP contribution in [0.25, 0.3) is 11.2 Å². The predicted octanol–water partition coefficient (Wildman–Crippen LogP) is -0.816. The highest BCUT2D eigenvalue weighted by atomic mass is 16.5. The maximum Gasteiger partial charge on any atom is 0.251 e. The van der Waals surface area contributed by atoms with Crippen molar-refractivity contribution in [1.82, 2.24) is 14.5 Å². The van der Waals surface area contributed by atoms with Crippen molar-refractivity contribution in [2.24, 2.45) is 7.05 Å². The molecule has 0 amide bonds. The van der Waals surface area contributed by atoms with Crippen LogP contribution in [-0.2, 0) is 7.05 Å². The minimum atomic E-state index is 0.0839. The van der Waals surface area contributed by atoms with Crippen LogP contribution in [0.4, 0.5) is 5.82 Å². The highest BCUT2D eigenvalue weighted by Gasteiger charge is 2.10. The zero-order valence-corrected chi connectivity index (χ0v) is 6.43. The Morgan fingerprint density at radius 3 is 3.08 bits per heavy atom. The predicted molar refractivity (Wildman–Crippen MR) is 41.9 cm³/mol. The molecule has 0 spiro atoms. The lowest BCUT2D eigenvalue weighted by Gasteiger charge is -2.03. The molecule has 0 aromatic carbocycles. The van der Waals surface area contributed by atoms with Crippen LogP contribution in [0.1, 0.15) is 0 Å². The van der Waals surface area contributed by atoms with Gasteiger partial charge >= 0.3 is 0 Å². The summed E-state index contributed by atoms with van der Waals surface area (Å²) in [5.74, 6) is 0.0839. The molecule has 12 heavy (non-hydrogen) atoms. The van der Waals surface area contributed by atoms with E-state index in [2.05, 4.69) is 9.97 Å². The zero-order valence-electron chi connectivity index (χ0n) is 6.43. The smallest absolute Gasteiger partial charge is 0.251 e. The fourth-order valence-electron chi connectivity index (χ4n) is 1.03. The summed E-state index contributed by atoms with van der Waals surface area (Å²) in [6.07, 6.45) is 2.69. The van der Waals surface area contributed by atoms with Gasteiger partial charge in [0.2, 0.25) is 12.0 Å². The summed E-state index contributed by atoms with van der Waals surface area (Å²) in [6.45, 7) is 0. The van der Waals surface area contributed by atoms with Gasteiger partial charge in [0.1, 0.15) is 0 Å². The topological polar surface area (TPSA) is 83.7 Å². The summed E-state index contributed by atoms with van der Waals surface area (Å²) in [4.78, 5) is 7.81. The van der Waals surface area contributed by atoms with E-state index in [9.17, 15) is 5.21 Å². The summed E-state index contributed by atoms with van der Waals surface area (Å²) in [6, 6.07) is 0. The molecule has 0 aliphatic heterocycles. The molecule has 6 nitrogen and oxygen atoms in total. The molecule has 0 radical (unpaired) electrons. The Balaban J connectivity index is 2.93. The van der Waals surface area contributed by atoms with Gasteiger partial charge in [-0.1, -0.05) is 4.98 Å². The van der Waals surface area contributed by atoms with Gasteiger partial charge in [-0.25, -0.2) is 9.71 Å². The van der Waals surface area contributed by atoms with Crippen LogP contribution in [0, 0.1) is 5.21 Å². The van der Waals surface area contributed by atoms with Crippen LogP contribution < -0.4 is 10.5 Å². The van der Waals surface area contributed by atoms with Crippen molar-refractivity contribution < 1.29 is 4.73 Å². The minimum Gasteiger partial charge on any atom is -0.740 e. The van der Waals surface area contributed by atoms with E-state index < -0.39 is 0 Å². The highest BCUT2D eigenvalue weighted by Crippen LogP contribution is 2.10. The number of fused-ring (bicyclic) bond motifs is 1. The molecule has 2 rings (SSSR count). The van der Waals surface area contributed by atoms with Crippen LogP contribution in [0.3, 0.4) is 0 Å². The summed E-state index contributed by atoms with van der Waals surface area (Å²) >= 11 is 0. The lowest BCUT2D eigenvalue weighted by Crippen LogP contribution is -2.30. The molecular weight excluding hydrogens is 158 g/mol. The Hall–Kier alpha value is -1.85. The number of hydrogen-bond acceptors (Lipinski definition) is 4. The van der Waals surface area contributed by atoms with Gasteiger partial charge in [0.25, 0.3) is 5.82 Å². The molecule has 2 aromatic heterocycles. The first-order valence-electron chi connectivity index (χ1n) is 3.35. The molecule has 0 aliphatic rings. The third kappa shape index (κ3) is 0.714. The average Bonchev–Trinajstić information content (AvgIpc) is 2.41. The van der Waals surface area contributed by atoms with Gasteiger partial charge in [-0.05, 0) is 0 Å². The molecular formula is C6H7N5O. The van der Waals surface area contributed by atoms with Gasteiger partial charge in [-0.3, -0.25) is 0 Å². The first-order valence-corrected chi connectivity index (χ1v) is 3.35. The Labute approximate surface area is 67.9 Å². The van der Waals surface area contributed by atoms with Crippen molar-refractivity contribution >= 4 is 17.0 Å². The number of nitrogens with two attached hydrogens (primary N) is 1. The van der Waals surface area contributed by atoms with Crippen molar-refractivity contribution in [2.45, 2.75) is 0 Å². The van der Waals surface area contributed by atoms with Crippen molar-refractivity contribution in [3.05, 3.63) is 17.9 Å². The minimum absolute atomic E-state index is 0.0839. The SMILES string of the molecule is Cn1cnc2c(N)[n+]([O-])cnc21. The number of aromatic nitrogens is 4. The van der Waals surface area contributed by atoms with Crippen molar-refractivity contribution in [3.8, 4) is 0 Å². The van der Waals surface area contributed by atoms with Crippen molar-refractivity contribution in [2.75, 3.05) is 5.73 Å². The van der Waals surface area contributed by atoms with Gasteiger partial charge in [-0.15, -0.1) is 0 Å². The first-order chi connectivity index (χ1) is 5.70. The highest BCUT2D eigenvalue weighted by molar-refractivity contribution is 5.79. The summed E-state index contributed by atoms with van der Waals surface area (Å²) in [5, 5.41) is 10.9. The lowest BCUT2D eigenvalue weighted by atomic mass is 10.5.